The number of benzene rings is 1. The van der Waals surface area contributed by atoms with Crippen LogP contribution >= 0.6 is 0 Å². The number of hydrogen-bond donors (Lipinski definition) is 1. The number of carbonyl (C=O) groups excluding carboxylic acids is 1. The van der Waals surface area contributed by atoms with Gasteiger partial charge in [-0.1, -0.05) is 0 Å². The number of hydrazone groups is 1. The Hall–Kier alpha value is -1.82. The second-order valence-electron chi connectivity index (χ2n) is 5.42. The summed E-state index contributed by atoms with van der Waals surface area (Å²) in [6.07, 6.45) is 3.51. The van der Waals surface area contributed by atoms with Crippen LogP contribution in [0.25, 0.3) is 0 Å². The summed E-state index contributed by atoms with van der Waals surface area (Å²) in [5.74, 6) is -1.21. The van der Waals surface area contributed by atoms with Gasteiger partial charge in [-0.05, 0) is 44.1 Å². The van der Waals surface area contributed by atoms with E-state index in [0.29, 0.717) is 6.42 Å². The predicted molar refractivity (Wildman–Crippen MR) is 74.6 cm³/mol. The van der Waals surface area contributed by atoms with Crippen molar-refractivity contribution in [2.75, 3.05) is 13.1 Å². The van der Waals surface area contributed by atoms with Gasteiger partial charge in [-0.25, -0.2) is 13.8 Å². The fraction of sp³-hybridized carbons (Fsp3) is 0.467. The monoisotopic (exact) mass is 293 g/mol. The van der Waals surface area contributed by atoms with Crippen LogP contribution in [0.3, 0.4) is 0 Å². The van der Waals surface area contributed by atoms with Crippen molar-refractivity contribution in [2.24, 2.45) is 11.0 Å². The van der Waals surface area contributed by atoms with E-state index in [4.69, 9.17) is 0 Å². The van der Waals surface area contributed by atoms with Crippen LogP contribution in [0.4, 0.5) is 8.78 Å². The molecule has 0 bridgehead atoms. The summed E-state index contributed by atoms with van der Waals surface area (Å²) in [6, 6.07) is 2.78. The molecule has 1 N–H and O–H groups in total. The van der Waals surface area contributed by atoms with Crippen LogP contribution in [0.1, 0.15) is 30.9 Å². The van der Waals surface area contributed by atoms with Gasteiger partial charge in [-0.15, -0.1) is 0 Å². The summed E-state index contributed by atoms with van der Waals surface area (Å²) >= 11 is 0. The van der Waals surface area contributed by atoms with Crippen LogP contribution in [-0.2, 0) is 4.79 Å². The highest BCUT2D eigenvalue weighted by Gasteiger charge is 2.34. The van der Waals surface area contributed by atoms with Crippen molar-refractivity contribution in [1.29, 1.82) is 0 Å². The van der Waals surface area contributed by atoms with Gasteiger partial charge < -0.3 is 5.32 Å². The molecule has 6 heteroatoms. The first kappa shape index (κ1) is 14.1. The third kappa shape index (κ3) is 2.81. The first-order valence-corrected chi connectivity index (χ1v) is 7.18. The zero-order valence-electron chi connectivity index (χ0n) is 11.6. The fourth-order valence-corrected chi connectivity index (χ4v) is 2.91. The molecule has 0 radical (unpaired) electrons. The van der Waals surface area contributed by atoms with E-state index in [9.17, 15) is 13.6 Å². The van der Waals surface area contributed by atoms with Gasteiger partial charge in [0.2, 0.25) is 5.91 Å². The molecule has 1 saturated heterocycles. The summed E-state index contributed by atoms with van der Waals surface area (Å²) in [7, 11) is 0. The molecule has 2 aliphatic rings. The van der Waals surface area contributed by atoms with Crippen LogP contribution in [0.2, 0.25) is 0 Å². The molecule has 4 nitrogen and oxygen atoms in total. The van der Waals surface area contributed by atoms with Crippen molar-refractivity contribution >= 4 is 12.1 Å². The van der Waals surface area contributed by atoms with E-state index in [-0.39, 0.29) is 17.4 Å². The molecule has 1 aromatic rings. The Balaban J connectivity index is 1.82. The Morgan fingerprint density at radius 3 is 2.81 bits per heavy atom. The van der Waals surface area contributed by atoms with Crippen molar-refractivity contribution in [3.8, 4) is 0 Å². The number of halogens is 2. The minimum atomic E-state index is -0.539. The van der Waals surface area contributed by atoms with E-state index in [0.717, 1.165) is 44.1 Å². The highest BCUT2D eigenvalue weighted by Crippen LogP contribution is 2.32. The lowest BCUT2D eigenvalue weighted by Crippen LogP contribution is -2.39. The van der Waals surface area contributed by atoms with Crippen molar-refractivity contribution in [1.82, 2.24) is 10.3 Å². The molecule has 112 valence electrons. The number of hydrogen-bond acceptors (Lipinski definition) is 3. The number of amides is 1. The normalized spacial score (nSPS) is 22.8. The third-order valence-corrected chi connectivity index (χ3v) is 4.06. The molecule has 0 saturated carbocycles. The van der Waals surface area contributed by atoms with E-state index in [1.54, 1.807) is 6.21 Å². The Kier molecular flexibility index (Phi) is 3.96. The van der Waals surface area contributed by atoms with Crippen molar-refractivity contribution < 1.29 is 13.6 Å². The van der Waals surface area contributed by atoms with Crippen LogP contribution in [0, 0.1) is 17.6 Å². The quantitative estimate of drug-likeness (QED) is 0.908. The van der Waals surface area contributed by atoms with Gasteiger partial charge in [0.15, 0.2) is 0 Å². The van der Waals surface area contributed by atoms with Crippen LogP contribution in [0.15, 0.2) is 23.3 Å². The predicted octanol–water partition coefficient (Wildman–Crippen LogP) is 2.22. The SMILES string of the molecule is O=C(C1CCNCC1)N1N=CCC1c1cc(F)ccc1F. The lowest BCUT2D eigenvalue weighted by atomic mass is 9.95. The zero-order valence-corrected chi connectivity index (χ0v) is 11.6. The van der Waals surface area contributed by atoms with E-state index in [1.807, 2.05) is 0 Å². The average molecular weight is 293 g/mol. The summed E-state index contributed by atoms with van der Waals surface area (Å²) in [5.41, 5.74) is 0.190. The molecule has 1 fully saturated rings. The van der Waals surface area contributed by atoms with Gasteiger partial charge in [0, 0.05) is 24.1 Å². The Morgan fingerprint density at radius 2 is 2.05 bits per heavy atom. The largest absolute Gasteiger partial charge is 0.317 e. The van der Waals surface area contributed by atoms with Gasteiger partial charge >= 0.3 is 0 Å². The molecule has 0 spiro atoms. The lowest BCUT2D eigenvalue weighted by molar-refractivity contribution is -0.138. The Bertz CT molecular complexity index is 570. The molecule has 0 aromatic heterocycles. The molecule has 0 aliphatic carbocycles. The minimum Gasteiger partial charge on any atom is -0.317 e. The van der Waals surface area contributed by atoms with Crippen molar-refractivity contribution in [2.45, 2.75) is 25.3 Å². The van der Waals surface area contributed by atoms with Crippen molar-refractivity contribution in [3.05, 3.63) is 35.4 Å². The lowest BCUT2D eigenvalue weighted by Gasteiger charge is -2.29. The molecule has 1 atom stereocenters. The summed E-state index contributed by atoms with van der Waals surface area (Å²) < 4.78 is 27.3. The number of rotatable bonds is 2. The fourth-order valence-electron chi connectivity index (χ4n) is 2.91. The third-order valence-electron chi connectivity index (χ3n) is 4.06. The first-order valence-electron chi connectivity index (χ1n) is 7.18. The maximum absolute atomic E-state index is 13.9. The van der Waals surface area contributed by atoms with Gasteiger partial charge in [0.1, 0.15) is 11.6 Å². The smallest absolute Gasteiger partial charge is 0.246 e. The second kappa shape index (κ2) is 5.89. The van der Waals surface area contributed by atoms with E-state index >= 15 is 0 Å². The number of piperidine rings is 1. The molecular weight excluding hydrogens is 276 g/mol. The van der Waals surface area contributed by atoms with E-state index < -0.39 is 17.7 Å². The Labute approximate surface area is 121 Å². The topological polar surface area (TPSA) is 44.7 Å². The van der Waals surface area contributed by atoms with E-state index in [1.165, 1.54) is 5.01 Å². The second-order valence-corrected chi connectivity index (χ2v) is 5.42. The van der Waals surface area contributed by atoms with Gasteiger partial charge in [-0.3, -0.25) is 4.79 Å². The Morgan fingerprint density at radius 1 is 1.29 bits per heavy atom. The standard InChI is InChI=1S/C15H17F2N3O/c16-11-1-2-13(17)12(9-11)14-5-8-19-20(14)15(21)10-3-6-18-7-4-10/h1-2,8-10,14,18H,3-7H2. The molecular formula is C15H17F2N3O. The zero-order chi connectivity index (χ0) is 14.8. The molecule has 21 heavy (non-hydrogen) atoms. The summed E-state index contributed by atoms with van der Waals surface area (Å²) in [5, 5.41) is 8.62. The van der Waals surface area contributed by atoms with Crippen LogP contribution < -0.4 is 5.32 Å². The molecule has 3 rings (SSSR count). The molecule has 2 heterocycles. The summed E-state index contributed by atoms with van der Waals surface area (Å²) in [6.45, 7) is 1.60. The number of carbonyl (C=O) groups is 1. The molecule has 1 unspecified atom stereocenters. The summed E-state index contributed by atoms with van der Waals surface area (Å²) in [4.78, 5) is 12.5. The van der Waals surface area contributed by atoms with Gasteiger partial charge in [0.25, 0.3) is 0 Å². The van der Waals surface area contributed by atoms with Crippen LogP contribution in [0.5, 0.6) is 0 Å². The average Bonchev–Trinajstić information content (AvgIpc) is 2.99. The molecule has 1 amide bonds. The molecule has 2 aliphatic heterocycles. The van der Waals surface area contributed by atoms with Crippen LogP contribution in [-0.4, -0.2) is 30.2 Å². The first-order chi connectivity index (χ1) is 10.2. The van der Waals surface area contributed by atoms with Gasteiger partial charge in [0.05, 0.1) is 6.04 Å². The molecule has 1 aromatic carbocycles. The minimum absolute atomic E-state index is 0.0966. The van der Waals surface area contributed by atoms with E-state index in [2.05, 4.69) is 10.4 Å². The highest BCUT2D eigenvalue weighted by molar-refractivity contribution is 5.82. The maximum Gasteiger partial charge on any atom is 0.246 e. The number of nitrogens with one attached hydrogen (secondary N) is 1. The number of nitrogens with zero attached hydrogens (tertiary/aromatic N) is 2. The van der Waals surface area contributed by atoms with Gasteiger partial charge in [-0.2, -0.15) is 5.10 Å². The maximum atomic E-state index is 13.9. The highest BCUT2D eigenvalue weighted by atomic mass is 19.1. The van der Waals surface area contributed by atoms with Crippen molar-refractivity contribution in [3.63, 3.8) is 0 Å².